The summed E-state index contributed by atoms with van der Waals surface area (Å²) in [5, 5.41) is 6.17. The normalized spacial score (nSPS) is 16.6. The molecule has 1 aliphatic rings. The third kappa shape index (κ3) is 3.16. The van der Waals surface area contributed by atoms with Gasteiger partial charge in [-0.1, -0.05) is 18.2 Å². The van der Waals surface area contributed by atoms with Crippen molar-refractivity contribution in [3.05, 3.63) is 42.2 Å². The van der Waals surface area contributed by atoms with Crippen LogP contribution < -0.4 is 15.4 Å². The molecule has 0 saturated carbocycles. The fourth-order valence-electron chi connectivity index (χ4n) is 2.57. The second kappa shape index (κ2) is 6.43. The van der Waals surface area contributed by atoms with E-state index in [2.05, 4.69) is 20.6 Å². The number of nitrogens with zero attached hydrogens (tertiary/aromatic N) is 2. The Morgan fingerprint density at radius 1 is 1.36 bits per heavy atom. The molecule has 1 unspecified atom stereocenters. The van der Waals surface area contributed by atoms with Crippen LogP contribution in [-0.4, -0.2) is 29.0 Å². The van der Waals surface area contributed by atoms with Crippen LogP contribution in [0.1, 0.15) is 24.8 Å². The molecule has 0 aliphatic carbocycles. The number of para-hydroxylation sites is 1. The van der Waals surface area contributed by atoms with E-state index >= 15 is 0 Å². The van der Waals surface area contributed by atoms with Crippen molar-refractivity contribution in [3.63, 3.8) is 0 Å². The molecule has 1 atom stereocenters. The number of aromatic nitrogens is 2. The van der Waals surface area contributed by atoms with E-state index in [1.807, 2.05) is 31.2 Å². The maximum absolute atomic E-state index is 11.8. The van der Waals surface area contributed by atoms with E-state index in [9.17, 15) is 4.79 Å². The largest absolute Gasteiger partial charge is 0.478 e. The first-order valence-electron chi connectivity index (χ1n) is 7.33. The van der Waals surface area contributed by atoms with E-state index in [0.717, 1.165) is 11.3 Å². The van der Waals surface area contributed by atoms with Gasteiger partial charge < -0.3 is 15.4 Å². The maximum atomic E-state index is 11.8. The molecule has 1 aliphatic heterocycles. The van der Waals surface area contributed by atoms with Gasteiger partial charge in [0.2, 0.25) is 11.8 Å². The lowest BCUT2D eigenvalue weighted by Crippen LogP contribution is -2.26. The fourth-order valence-corrected chi connectivity index (χ4v) is 2.57. The molecule has 1 amide bonds. The lowest BCUT2D eigenvalue weighted by atomic mass is 9.90. The van der Waals surface area contributed by atoms with Crippen molar-refractivity contribution in [2.45, 2.75) is 19.3 Å². The van der Waals surface area contributed by atoms with E-state index in [1.54, 1.807) is 6.07 Å². The smallest absolute Gasteiger partial charge is 0.225 e. The number of anilines is 2. The highest BCUT2D eigenvalue weighted by Gasteiger charge is 2.24. The van der Waals surface area contributed by atoms with Crippen LogP contribution in [0.25, 0.3) is 0 Å². The van der Waals surface area contributed by atoms with Gasteiger partial charge in [0.1, 0.15) is 12.1 Å². The van der Waals surface area contributed by atoms with Gasteiger partial charge in [-0.3, -0.25) is 4.79 Å². The number of hydrogen-bond donors (Lipinski definition) is 2. The van der Waals surface area contributed by atoms with Crippen molar-refractivity contribution in [2.24, 2.45) is 0 Å². The third-order valence-corrected chi connectivity index (χ3v) is 3.57. The number of amides is 1. The second-order valence-corrected chi connectivity index (χ2v) is 5.09. The summed E-state index contributed by atoms with van der Waals surface area (Å²) in [5.74, 6) is 1.40. The molecule has 2 heterocycles. The minimum atomic E-state index is 0.0446. The summed E-state index contributed by atoms with van der Waals surface area (Å²) in [6.45, 7) is 3.10. The van der Waals surface area contributed by atoms with E-state index in [1.165, 1.54) is 6.33 Å². The van der Waals surface area contributed by atoms with Gasteiger partial charge in [0.15, 0.2) is 0 Å². The average molecular weight is 298 g/mol. The number of hydrogen-bond acceptors (Lipinski definition) is 5. The molecular weight excluding hydrogens is 280 g/mol. The monoisotopic (exact) mass is 298 g/mol. The summed E-state index contributed by atoms with van der Waals surface area (Å²) < 4.78 is 5.36. The van der Waals surface area contributed by atoms with Crippen LogP contribution in [0.15, 0.2) is 36.7 Å². The molecule has 1 aromatic heterocycles. The molecule has 0 fully saturated rings. The van der Waals surface area contributed by atoms with Crippen molar-refractivity contribution >= 4 is 17.4 Å². The van der Waals surface area contributed by atoms with Crippen molar-refractivity contribution in [1.82, 2.24) is 9.97 Å². The van der Waals surface area contributed by atoms with Crippen LogP contribution in [0, 0.1) is 0 Å². The van der Waals surface area contributed by atoms with E-state index in [0.29, 0.717) is 31.3 Å². The van der Waals surface area contributed by atoms with Gasteiger partial charge in [-0.15, -0.1) is 0 Å². The Hall–Kier alpha value is -2.63. The van der Waals surface area contributed by atoms with Gasteiger partial charge in [-0.05, 0) is 18.6 Å². The Labute approximate surface area is 128 Å². The van der Waals surface area contributed by atoms with Crippen molar-refractivity contribution in [1.29, 1.82) is 0 Å². The van der Waals surface area contributed by atoms with Crippen molar-refractivity contribution < 1.29 is 9.53 Å². The zero-order valence-corrected chi connectivity index (χ0v) is 12.4. The Kier molecular flexibility index (Phi) is 4.18. The topological polar surface area (TPSA) is 76.1 Å². The van der Waals surface area contributed by atoms with Crippen molar-refractivity contribution in [2.75, 3.05) is 23.8 Å². The predicted molar refractivity (Wildman–Crippen MR) is 84.1 cm³/mol. The Bertz CT molecular complexity index is 675. The molecule has 1 aromatic carbocycles. The van der Waals surface area contributed by atoms with E-state index in [4.69, 9.17) is 4.74 Å². The molecule has 114 valence electrons. The van der Waals surface area contributed by atoms with Gasteiger partial charge in [0, 0.05) is 30.6 Å². The number of carbonyl (C=O) groups excluding carboxylic acids is 1. The summed E-state index contributed by atoms with van der Waals surface area (Å²) >= 11 is 0. The number of benzene rings is 1. The number of carbonyl (C=O) groups is 1. The van der Waals surface area contributed by atoms with Gasteiger partial charge in [-0.2, -0.15) is 0 Å². The van der Waals surface area contributed by atoms with Crippen LogP contribution in [0.2, 0.25) is 0 Å². The lowest BCUT2D eigenvalue weighted by molar-refractivity contribution is -0.116. The molecule has 2 N–H and O–H groups in total. The molecule has 2 aromatic rings. The van der Waals surface area contributed by atoms with Crippen LogP contribution in [0.5, 0.6) is 5.88 Å². The van der Waals surface area contributed by atoms with E-state index in [-0.39, 0.29) is 11.8 Å². The molecule has 22 heavy (non-hydrogen) atoms. The lowest BCUT2D eigenvalue weighted by Gasteiger charge is -2.25. The quantitative estimate of drug-likeness (QED) is 0.886. The van der Waals surface area contributed by atoms with Crippen molar-refractivity contribution in [3.8, 4) is 5.88 Å². The first kappa shape index (κ1) is 14.3. The minimum absolute atomic E-state index is 0.0446. The molecule has 0 saturated heterocycles. The third-order valence-electron chi connectivity index (χ3n) is 3.57. The summed E-state index contributed by atoms with van der Waals surface area (Å²) in [7, 11) is 0. The highest BCUT2D eigenvalue weighted by Crippen LogP contribution is 2.31. The van der Waals surface area contributed by atoms with E-state index < -0.39 is 0 Å². The second-order valence-electron chi connectivity index (χ2n) is 5.09. The first-order chi connectivity index (χ1) is 10.8. The van der Waals surface area contributed by atoms with Gasteiger partial charge >= 0.3 is 0 Å². The molecule has 0 bridgehead atoms. The highest BCUT2D eigenvalue weighted by molar-refractivity contribution is 5.94. The van der Waals surface area contributed by atoms with Crippen LogP contribution in [-0.2, 0) is 4.79 Å². The fraction of sp³-hybridized carbons (Fsp3) is 0.312. The van der Waals surface area contributed by atoms with Crippen LogP contribution >= 0.6 is 0 Å². The summed E-state index contributed by atoms with van der Waals surface area (Å²) in [6.07, 6.45) is 1.93. The Morgan fingerprint density at radius 3 is 3.09 bits per heavy atom. The first-order valence-corrected chi connectivity index (χ1v) is 7.33. The van der Waals surface area contributed by atoms with Gasteiger partial charge in [-0.25, -0.2) is 9.97 Å². The standard InChI is InChI=1S/C16H18N4O2/c1-2-22-16-8-14(18-10-19-16)17-9-11-7-15(21)20-13-6-4-3-5-12(11)13/h3-6,8,10-11H,2,7,9H2,1H3,(H,20,21)(H,17,18,19). The molecule has 6 heteroatoms. The summed E-state index contributed by atoms with van der Waals surface area (Å²) in [6, 6.07) is 9.65. The molecule has 0 spiro atoms. The Balaban J connectivity index is 1.71. The summed E-state index contributed by atoms with van der Waals surface area (Å²) in [4.78, 5) is 20.0. The molecule has 3 rings (SSSR count). The average Bonchev–Trinajstić information content (AvgIpc) is 2.53. The summed E-state index contributed by atoms with van der Waals surface area (Å²) in [5.41, 5.74) is 2.04. The molecule has 6 nitrogen and oxygen atoms in total. The number of ether oxygens (including phenoxy) is 1. The predicted octanol–water partition coefficient (Wildman–Crippen LogP) is 2.41. The number of rotatable bonds is 5. The van der Waals surface area contributed by atoms with Gasteiger partial charge in [0.25, 0.3) is 0 Å². The Morgan fingerprint density at radius 2 is 2.23 bits per heavy atom. The molecule has 0 radical (unpaired) electrons. The number of nitrogens with one attached hydrogen (secondary N) is 2. The van der Waals surface area contributed by atoms with Crippen LogP contribution in [0.4, 0.5) is 11.5 Å². The number of fused-ring (bicyclic) bond motifs is 1. The van der Waals surface area contributed by atoms with Gasteiger partial charge in [0.05, 0.1) is 6.61 Å². The minimum Gasteiger partial charge on any atom is -0.478 e. The maximum Gasteiger partial charge on any atom is 0.225 e. The highest BCUT2D eigenvalue weighted by atomic mass is 16.5. The zero-order valence-electron chi connectivity index (χ0n) is 12.4. The SMILES string of the molecule is CCOc1cc(NCC2CC(=O)Nc3ccccc32)ncn1. The van der Waals surface area contributed by atoms with Crippen LogP contribution in [0.3, 0.4) is 0 Å². The molecular formula is C16H18N4O2. The zero-order chi connectivity index (χ0) is 15.4.